The molecule has 0 aliphatic carbocycles. The van der Waals surface area contributed by atoms with Gasteiger partial charge in [0.25, 0.3) is 5.91 Å². The lowest BCUT2D eigenvalue weighted by molar-refractivity contribution is -0.122. The highest BCUT2D eigenvalue weighted by Gasteiger charge is 2.16. The van der Waals surface area contributed by atoms with Crippen LogP contribution in [-0.4, -0.2) is 25.0 Å². The van der Waals surface area contributed by atoms with Crippen molar-refractivity contribution in [1.82, 2.24) is 10.6 Å². The standard InChI is InChI=1S/C17H20N2O4/c1-12(19-17(21)15-6-7-23-11-15)16(20)18-9-13-4-3-5-14(8-13)10-22-2/h3-8,11-12H,9-10H2,1-2H3,(H,18,20)(H,19,21)/t12-/m0/s1. The van der Waals surface area contributed by atoms with Gasteiger partial charge in [-0.05, 0) is 24.1 Å². The van der Waals surface area contributed by atoms with Crippen LogP contribution >= 0.6 is 0 Å². The molecule has 6 heteroatoms. The number of furan rings is 1. The summed E-state index contributed by atoms with van der Waals surface area (Å²) in [4.78, 5) is 23.9. The van der Waals surface area contributed by atoms with Gasteiger partial charge < -0.3 is 19.8 Å². The van der Waals surface area contributed by atoms with Crippen LogP contribution in [0.4, 0.5) is 0 Å². The van der Waals surface area contributed by atoms with Gasteiger partial charge in [-0.3, -0.25) is 9.59 Å². The van der Waals surface area contributed by atoms with Gasteiger partial charge in [-0.2, -0.15) is 0 Å². The first-order valence-electron chi connectivity index (χ1n) is 7.27. The zero-order valence-electron chi connectivity index (χ0n) is 13.2. The van der Waals surface area contributed by atoms with Gasteiger partial charge in [0.1, 0.15) is 12.3 Å². The largest absolute Gasteiger partial charge is 0.472 e. The average Bonchev–Trinajstić information content (AvgIpc) is 3.08. The third-order valence-corrected chi connectivity index (χ3v) is 3.29. The van der Waals surface area contributed by atoms with Crippen molar-refractivity contribution in [3.05, 3.63) is 59.5 Å². The molecule has 0 unspecified atom stereocenters. The van der Waals surface area contributed by atoms with Crippen LogP contribution in [0.3, 0.4) is 0 Å². The SMILES string of the molecule is COCc1cccc(CNC(=O)[C@H](C)NC(=O)c2ccoc2)c1. The van der Waals surface area contributed by atoms with Crippen molar-refractivity contribution >= 4 is 11.8 Å². The molecule has 0 spiro atoms. The van der Waals surface area contributed by atoms with Crippen LogP contribution in [0.15, 0.2) is 47.3 Å². The van der Waals surface area contributed by atoms with Crippen LogP contribution in [0.2, 0.25) is 0 Å². The van der Waals surface area contributed by atoms with Gasteiger partial charge in [-0.25, -0.2) is 0 Å². The summed E-state index contributed by atoms with van der Waals surface area (Å²) in [5, 5.41) is 5.42. The topological polar surface area (TPSA) is 80.6 Å². The van der Waals surface area contributed by atoms with Crippen molar-refractivity contribution in [1.29, 1.82) is 0 Å². The van der Waals surface area contributed by atoms with Gasteiger partial charge in [0, 0.05) is 13.7 Å². The van der Waals surface area contributed by atoms with Crippen molar-refractivity contribution in [3.8, 4) is 0 Å². The number of carbonyl (C=O) groups excluding carboxylic acids is 2. The molecule has 0 bridgehead atoms. The van der Waals surface area contributed by atoms with E-state index in [9.17, 15) is 9.59 Å². The molecule has 0 radical (unpaired) electrons. The number of hydrogen-bond donors (Lipinski definition) is 2. The van der Waals surface area contributed by atoms with Crippen molar-refractivity contribution in [2.75, 3.05) is 7.11 Å². The molecule has 0 saturated carbocycles. The van der Waals surface area contributed by atoms with Gasteiger partial charge in [-0.15, -0.1) is 0 Å². The van der Waals surface area contributed by atoms with Crippen LogP contribution in [0.25, 0.3) is 0 Å². The van der Waals surface area contributed by atoms with E-state index in [0.717, 1.165) is 11.1 Å². The number of nitrogens with one attached hydrogen (secondary N) is 2. The molecule has 0 saturated heterocycles. The second-order valence-electron chi connectivity index (χ2n) is 5.18. The summed E-state index contributed by atoms with van der Waals surface area (Å²) in [5.41, 5.74) is 2.40. The molecule has 2 N–H and O–H groups in total. The summed E-state index contributed by atoms with van der Waals surface area (Å²) in [6.45, 7) is 2.55. The van der Waals surface area contributed by atoms with Crippen LogP contribution in [0.1, 0.15) is 28.4 Å². The van der Waals surface area contributed by atoms with Crippen molar-refractivity contribution in [2.45, 2.75) is 26.1 Å². The summed E-state index contributed by atoms with van der Waals surface area (Å²) in [7, 11) is 1.64. The van der Waals surface area contributed by atoms with E-state index in [4.69, 9.17) is 9.15 Å². The lowest BCUT2D eigenvalue weighted by Crippen LogP contribution is -2.44. The maximum atomic E-state index is 12.1. The second kappa shape index (κ2) is 8.14. The number of carbonyl (C=O) groups is 2. The van der Waals surface area contributed by atoms with Crippen LogP contribution in [0, 0.1) is 0 Å². The second-order valence-corrected chi connectivity index (χ2v) is 5.18. The summed E-state index contributed by atoms with van der Waals surface area (Å²) in [6, 6.07) is 8.68. The number of methoxy groups -OCH3 is 1. The molecular formula is C17H20N2O4. The fourth-order valence-corrected chi connectivity index (χ4v) is 2.08. The molecule has 6 nitrogen and oxygen atoms in total. The highest BCUT2D eigenvalue weighted by molar-refractivity contribution is 5.97. The van der Waals surface area contributed by atoms with E-state index in [1.54, 1.807) is 20.1 Å². The predicted molar refractivity (Wildman–Crippen MR) is 84.6 cm³/mol. The first-order chi connectivity index (χ1) is 11.1. The lowest BCUT2D eigenvalue weighted by Gasteiger charge is -2.14. The molecule has 2 rings (SSSR count). The third kappa shape index (κ3) is 4.96. The Labute approximate surface area is 134 Å². The van der Waals surface area contributed by atoms with Crippen LogP contribution in [-0.2, 0) is 22.7 Å². The van der Waals surface area contributed by atoms with Gasteiger partial charge in [0.15, 0.2) is 0 Å². The van der Waals surface area contributed by atoms with E-state index in [0.29, 0.717) is 18.7 Å². The summed E-state index contributed by atoms with van der Waals surface area (Å²) in [5.74, 6) is -0.595. The van der Waals surface area contributed by atoms with Crippen molar-refractivity contribution < 1.29 is 18.7 Å². The molecule has 1 aromatic heterocycles. The van der Waals surface area contributed by atoms with Gasteiger partial charge in [0.2, 0.25) is 5.91 Å². The minimum atomic E-state index is -0.639. The molecule has 1 aromatic carbocycles. The number of amides is 2. The Morgan fingerprint density at radius 1 is 1.26 bits per heavy atom. The Morgan fingerprint density at radius 3 is 2.74 bits per heavy atom. The Balaban J connectivity index is 1.84. The summed E-state index contributed by atoms with van der Waals surface area (Å²) >= 11 is 0. The summed E-state index contributed by atoms with van der Waals surface area (Å²) in [6.07, 6.45) is 2.74. The van der Waals surface area contributed by atoms with Gasteiger partial charge in [0.05, 0.1) is 18.4 Å². The van der Waals surface area contributed by atoms with Crippen LogP contribution in [0.5, 0.6) is 0 Å². The van der Waals surface area contributed by atoms with Gasteiger partial charge in [-0.1, -0.05) is 24.3 Å². The maximum absolute atomic E-state index is 12.1. The molecule has 23 heavy (non-hydrogen) atoms. The Hall–Kier alpha value is -2.60. The first kappa shape index (κ1) is 16.8. The zero-order chi connectivity index (χ0) is 16.7. The lowest BCUT2D eigenvalue weighted by atomic mass is 10.1. The maximum Gasteiger partial charge on any atom is 0.255 e. The Morgan fingerprint density at radius 2 is 2.04 bits per heavy atom. The minimum Gasteiger partial charge on any atom is -0.472 e. The fraction of sp³-hybridized carbons (Fsp3) is 0.294. The number of rotatable bonds is 7. The zero-order valence-corrected chi connectivity index (χ0v) is 13.2. The molecule has 1 atom stereocenters. The molecular weight excluding hydrogens is 296 g/mol. The normalized spacial score (nSPS) is 11.7. The quantitative estimate of drug-likeness (QED) is 0.817. The van der Waals surface area contributed by atoms with E-state index < -0.39 is 6.04 Å². The minimum absolute atomic E-state index is 0.251. The number of ether oxygens (including phenoxy) is 1. The van der Waals surface area contributed by atoms with Crippen molar-refractivity contribution in [2.24, 2.45) is 0 Å². The highest BCUT2D eigenvalue weighted by atomic mass is 16.5. The van der Waals surface area contributed by atoms with E-state index in [2.05, 4.69) is 10.6 Å². The summed E-state index contributed by atoms with van der Waals surface area (Å²) < 4.78 is 9.93. The molecule has 0 fully saturated rings. The Kier molecular flexibility index (Phi) is 5.94. The monoisotopic (exact) mass is 316 g/mol. The van der Waals surface area contributed by atoms with E-state index >= 15 is 0 Å². The fourth-order valence-electron chi connectivity index (χ4n) is 2.08. The molecule has 2 aromatic rings. The predicted octanol–water partition coefficient (Wildman–Crippen LogP) is 1.86. The molecule has 122 valence electrons. The molecule has 0 aliphatic heterocycles. The average molecular weight is 316 g/mol. The smallest absolute Gasteiger partial charge is 0.255 e. The molecule has 0 aliphatic rings. The number of hydrogen-bond acceptors (Lipinski definition) is 4. The first-order valence-corrected chi connectivity index (χ1v) is 7.27. The van der Waals surface area contributed by atoms with Gasteiger partial charge >= 0.3 is 0 Å². The van der Waals surface area contributed by atoms with Crippen LogP contribution < -0.4 is 10.6 Å². The number of benzene rings is 1. The van der Waals surface area contributed by atoms with Crippen molar-refractivity contribution in [3.63, 3.8) is 0 Å². The highest BCUT2D eigenvalue weighted by Crippen LogP contribution is 2.06. The Bertz CT molecular complexity index is 652. The molecule has 2 amide bonds. The van der Waals surface area contributed by atoms with E-state index in [1.807, 2.05) is 24.3 Å². The van der Waals surface area contributed by atoms with E-state index in [1.165, 1.54) is 12.5 Å². The molecule has 1 heterocycles. The third-order valence-electron chi connectivity index (χ3n) is 3.29. The van der Waals surface area contributed by atoms with E-state index in [-0.39, 0.29) is 11.8 Å².